The van der Waals surface area contributed by atoms with Crippen LogP contribution in [0, 0.1) is 10.1 Å². The number of carbonyl (C=O) groups is 1. The van der Waals surface area contributed by atoms with Crippen molar-refractivity contribution in [3.8, 4) is 5.75 Å². The fraction of sp³-hybridized carbons (Fsp3) is 0.417. The molecule has 0 atom stereocenters. The maximum absolute atomic E-state index is 11.3. The molecule has 0 bridgehead atoms. The van der Waals surface area contributed by atoms with Gasteiger partial charge in [0, 0.05) is 19.6 Å². The first-order valence-corrected chi connectivity index (χ1v) is 6.27. The van der Waals surface area contributed by atoms with Crippen LogP contribution in [0.15, 0.2) is 12.1 Å². The van der Waals surface area contributed by atoms with Crippen molar-refractivity contribution in [3.05, 3.63) is 22.2 Å². The third-order valence-corrected chi connectivity index (χ3v) is 3.03. The van der Waals surface area contributed by atoms with E-state index in [2.05, 4.69) is 5.32 Å². The van der Waals surface area contributed by atoms with Gasteiger partial charge in [-0.25, -0.2) is 0 Å². The Labute approximate surface area is 115 Å². The normalized spacial score (nSPS) is 13.2. The molecule has 108 valence electrons. The number of nitro groups is 1. The monoisotopic (exact) mass is 280 g/mol. The Morgan fingerprint density at radius 3 is 2.90 bits per heavy atom. The predicted octanol–water partition coefficient (Wildman–Crippen LogP) is 0.711. The average Bonchev–Trinajstić information content (AvgIpc) is 2.43. The standard InChI is InChI=1S/C12H16N4O4/c1-2-15(4-3-13)9-5-8-11(6-10(9)16(18)19)20-7-12(17)14-8/h5-6H,2-4,7,13H2,1H3,(H,14,17). The highest BCUT2D eigenvalue weighted by atomic mass is 16.6. The molecule has 0 aromatic heterocycles. The van der Waals surface area contributed by atoms with Crippen LogP contribution in [0.5, 0.6) is 5.75 Å². The number of amides is 1. The average molecular weight is 280 g/mol. The first-order valence-electron chi connectivity index (χ1n) is 6.27. The Kier molecular flexibility index (Phi) is 4.04. The molecule has 3 N–H and O–H groups in total. The van der Waals surface area contributed by atoms with Gasteiger partial charge in [0.1, 0.15) is 5.69 Å². The van der Waals surface area contributed by atoms with Crippen molar-refractivity contribution in [2.24, 2.45) is 5.73 Å². The van der Waals surface area contributed by atoms with Gasteiger partial charge in [-0.1, -0.05) is 0 Å². The lowest BCUT2D eigenvalue weighted by Gasteiger charge is -2.25. The Hall–Kier alpha value is -2.35. The molecule has 1 aliphatic rings. The molecular weight excluding hydrogens is 264 g/mol. The Bertz CT molecular complexity index is 547. The molecule has 1 aromatic rings. The molecular formula is C12H16N4O4. The lowest BCUT2D eigenvalue weighted by Crippen LogP contribution is -2.30. The van der Waals surface area contributed by atoms with Crippen molar-refractivity contribution in [1.82, 2.24) is 0 Å². The molecule has 0 saturated carbocycles. The zero-order valence-electron chi connectivity index (χ0n) is 11.1. The minimum Gasteiger partial charge on any atom is -0.481 e. The predicted molar refractivity (Wildman–Crippen MR) is 74.2 cm³/mol. The molecule has 0 aliphatic carbocycles. The number of anilines is 2. The number of likely N-dealkylation sites (N-methyl/N-ethyl adjacent to an activating group) is 1. The molecule has 0 radical (unpaired) electrons. The van der Waals surface area contributed by atoms with Gasteiger partial charge in [-0.05, 0) is 13.0 Å². The highest BCUT2D eigenvalue weighted by Gasteiger charge is 2.25. The minimum absolute atomic E-state index is 0.0600. The van der Waals surface area contributed by atoms with E-state index in [4.69, 9.17) is 10.5 Å². The number of hydrogen-bond acceptors (Lipinski definition) is 6. The third-order valence-electron chi connectivity index (χ3n) is 3.03. The van der Waals surface area contributed by atoms with E-state index in [9.17, 15) is 14.9 Å². The molecule has 1 aliphatic heterocycles. The van der Waals surface area contributed by atoms with E-state index in [1.165, 1.54) is 6.07 Å². The highest BCUT2D eigenvalue weighted by Crippen LogP contribution is 2.39. The van der Waals surface area contributed by atoms with Gasteiger partial charge in [0.25, 0.3) is 11.6 Å². The lowest BCUT2D eigenvalue weighted by atomic mass is 10.2. The molecule has 20 heavy (non-hydrogen) atoms. The third kappa shape index (κ3) is 2.64. The summed E-state index contributed by atoms with van der Waals surface area (Å²) in [5, 5.41) is 13.8. The molecule has 8 heteroatoms. The van der Waals surface area contributed by atoms with Gasteiger partial charge in [0.05, 0.1) is 16.7 Å². The first-order chi connectivity index (χ1) is 9.56. The molecule has 0 saturated heterocycles. The molecule has 2 rings (SSSR count). The van der Waals surface area contributed by atoms with Gasteiger partial charge in [-0.2, -0.15) is 0 Å². The van der Waals surface area contributed by atoms with Crippen LogP contribution in [0.2, 0.25) is 0 Å². The number of hydrogen-bond donors (Lipinski definition) is 2. The molecule has 0 unspecified atom stereocenters. The smallest absolute Gasteiger partial charge is 0.296 e. The quantitative estimate of drug-likeness (QED) is 0.607. The van der Waals surface area contributed by atoms with Crippen LogP contribution in [0.25, 0.3) is 0 Å². The maximum Gasteiger partial charge on any atom is 0.296 e. The van der Waals surface area contributed by atoms with Gasteiger partial charge < -0.3 is 20.7 Å². The number of nitrogens with two attached hydrogens (primary N) is 1. The molecule has 1 amide bonds. The van der Waals surface area contributed by atoms with Crippen LogP contribution in [-0.2, 0) is 4.79 Å². The fourth-order valence-corrected chi connectivity index (χ4v) is 2.11. The number of nitrogens with one attached hydrogen (secondary N) is 1. The van der Waals surface area contributed by atoms with E-state index in [0.717, 1.165) is 0 Å². The summed E-state index contributed by atoms with van der Waals surface area (Å²) in [6, 6.07) is 2.90. The number of nitrogens with zero attached hydrogens (tertiary/aromatic N) is 2. The number of nitro benzene ring substituents is 1. The molecule has 1 heterocycles. The van der Waals surface area contributed by atoms with E-state index >= 15 is 0 Å². The van der Waals surface area contributed by atoms with Crippen LogP contribution in [0.4, 0.5) is 17.1 Å². The van der Waals surface area contributed by atoms with Gasteiger partial charge >= 0.3 is 0 Å². The minimum atomic E-state index is -0.464. The number of fused-ring (bicyclic) bond motifs is 1. The number of rotatable bonds is 5. The zero-order valence-corrected chi connectivity index (χ0v) is 11.1. The molecule has 1 aromatic carbocycles. The van der Waals surface area contributed by atoms with Crippen molar-refractivity contribution >= 4 is 23.0 Å². The zero-order chi connectivity index (χ0) is 14.7. The summed E-state index contributed by atoms with van der Waals surface area (Å²) in [5.74, 6) is 0.0306. The summed E-state index contributed by atoms with van der Waals surface area (Å²) in [5.41, 5.74) is 6.33. The summed E-state index contributed by atoms with van der Waals surface area (Å²) in [6.45, 7) is 3.19. The van der Waals surface area contributed by atoms with Crippen molar-refractivity contribution in [2.75, 3.05) is 36.5 Å². The van der Waals surface area contributed by atoms with Crippen molar-refractivity contribution in [1.29, 1.82) is 0 Å². The summed E-state index contributed by atoms with van der Waals surface area (Å²) in [6.07, 6.45) is 0. The van der Waals surface area contributed by atoms with Crippen molar-refractivity contribution in [2.45, 2.75) is 6.92 Å². The second-order valence-electron chi connectivity index (χ2n) is 4.30. The number of ether oxygens (including phenoxy) is 1. The van der Waals surface area contributed by atoms with Gasteiger partial charge in [-0.3, -0.25) is 14.9 Å². The van der Waals surface area contributed by atoms with Crippen molar-refractivity contribution < 1.29 is 14.5 Å². The maximum atomic E-state index is 11.3. The lowest BCUT2D eigenvalue weighted by molar-refractivity contribution is -0.384. The van der Waals surface area contributed by atoms with Crippen LogP contribution in [-0.4, -0.2) is 37.1 Å². The van der Waals surface area contributed by atoms with E-state index in [0.29, 0.717) is 36.8 Å². The Morgan fingerprint density at radius 2 is 2.30 bits per heavy atom. The van der Waals surface area contributed by atoms with Gasteiger partial charge in [0.2, 0.25) is 0 Å². The van der Waals surface area contributed by atoms with E-state index in [1.54, 1.807) is 11.0 Å². The summed E-state index contributed by atoms with van der Waals surface area (Å²) >= 11 is 0. The Balaban J connectivity index is 2.50. The van der Waals surface area contributed by atoms with Crippen LogP contribution >= 0.6 is 0 Å². The summed E-state index contributed by atoms with van der Waals surface area (Å²) in [7, 11) is 0. The topological polar surface area (TPSA) is 111 Å². The van der Waals surface area contributed by atoms with Crippen LogP contribution < -0.4 is 20.7 Å². The Morgan fingerprint density at radius 1 is 1.55 bits per heavy atom. The van der Waals surface area contributed by atoms with E-state index in [1.807, 2.05) is 6.92 Å². The largest absolute Gasteiger partial charge is 0.481 e. The highest BCUT2D eigenvalue weighted by molar-refractivity contribution is 5.96. The molecule has 0 spiro atoms. The summed E-state index contributed by atoms with van der Waals surface area (Å²) in [4.78, 5) is 23.8. The van der Waals surface area contributed by atoms with E-state index < -0.39 is 4.92 Å². The molecule has 0 fully saturated rings. The second-order valence-corrected chi connectivity index (χ2v) is 4.30. The number of benzene rings is 1. The van der Waals surface area contributed by atoms with Crippen LogP contribution in [0.3, 0.4) is 0 Å². The van der Waals surface area contributed by atoms with Gasteiger partial charge in [-0.15, -0.1) is 0 Å². The van der Waals surface area contributed by atoms with Crippen molar-refractivity contribution in [3.63, 3.8) is 0 Å². The fourth-order valence-electron chi connectivity index (χ4n) is 2.11. The second kappa shape index (κ2) is 5.74. The van der Waals surface area contributed by atoms with Gasteiger partial charge in [0.15, 0.2) is 12.4 Å². The molecule has 8 nitrogen and oxygen atoms in total. The summed E-state index contributed by atoms with van der Waals surface area (Å²) < 4.78 is 5.20. The number of carbonyl (C=O) groups excluding carboxylic acids is 1. The van der Waals surface area contributed by atoms with E-state index in [-0.39, 0.29) is 18.2 Å². The SMILES string of the molecule is CCN(CCN)c1cc2c(cc1[N+](=O)[O-])OCC(=O)N2. The van der Waals surface area contributed by atoms with Crippen LogP contribution in [0.1, 0.15) is 6.92 Å². The first kappa shape index (κ1) is 14.1.